The molecule has 0 aliphatic carbocycles. The summed E-state index contributed by atoms with van der Waals surface area (Å²) in [5.74, 6) is 0.0908. The van der Waals surface area contributed by atoms with Gasteiger partial charge in [-0.3, -0.25) is 9.36 Å². The van der Waals surface area contributed by atoms with Crippen LogP contribution in [0.4, 0.5) is 10.1 Å². The second kappa shape index (κ2) is 9.03. The Labute approximate surface area is 171 Å². The van der Waals surface area contributed by atoms with Crippen LogP contribution in [-0.2, 0) is 11.3 Å². The number of thioether (sulfide) groups is 1. The summed E-state index contributed by atoms with van der Waals surface area (Å²) in [4.78, 5) is 12.5. The Balaban J connectivity index is 1.78. The smallest absolute Gasteiger partial charge is 0.237 e. The molecule has 1 N–H and O–H groups in total. The van der Waals surface area contributed by atoms with E-state index in [-0.39, 0.29) is 11.7 Å². The maximum Gasteiger partial charge on any atom is 0.237 e. The van der Waals surface area contributed by atoms with E-state index < -0.39 is 5.25 Å². The molecule has 0 saturated carbocycles. The molecule has 2 aromatic carbocycles. The van der Waals surface area contributed by atoms with E-state index in [9.17, 15) is 9.18 Å². The molecule has 0 spiro atoms. The molecule has 144 valence electrons. The summed E-state index contributed by atoms with van der Waals surface area (Å²) in [5, 5.41) is 12.0. The Hall–Kier alpha value is -2.64. The highest BCUT2D eigenvalue weighted by Crippen LogP contribution is 2.28. The fourth-order valence-electron chi connectivity index (χ4n) is 2.50. The number of carbonyl (C=O) groups is 1. The van der Waals surface area contributed by atoms with Crippen LogP contribution in [0.25, 0.3) is 11.4 Å². The molecule has 1 atom stereocenters. The summed E-state index contributed by atoms with van der Waals surface area (Å²) in [6.07, 6.45) is 1.72. The lowest BCUT2D eigenvalue weighted by Gasteiger charge is -2.13. The molecule has 3 aromatic rings. The van der Waals surface area contributed by atoms with E-state index in [0.29, 0.717) is 28.2 Å². The number of nitrogens with one attached hydrogen (secondary N) is 1. The van der Waals surface area contributed by atoms with Crippen molar-refractivity contribution in [3.8, 4) is 11.4 Å². The third kappa shape index (κ3) is 4.79. The molecule has 1 heterocycles. The number of nitrogens with zero attached hydrogens (tertiary/aromatic N) is 3. The van der Waals surface area contributed by atoms with Crippen molar-refractivity contribution in [2.45, 2.75) is 23.9 Å². The molecule has 0 fully saturated rings. The first-order valence-corrected chi connectivity index (χ1v) is 9.77. The number of hydrogen-bond donors (Lipinski definition) is 1. The predicted octanol–water partition coefficient (Wildman–Crippen LogP) is 5.04. The Bertz CT molecular complexity index is 990. The summed E-state index contributed by atoms with van der Waals surface area (Å²) < 4.78 is 15.0. The second-order valence-corrected chi connectivity index (χ2v) is 7.72. The lowest BCUT2D eigenvalue weighted by Crippen LogP contribution is -2.23. The maximum absolute atomic E-state index is 13.2. The minimum atomic E-state index is -0.423. The molecule has 28 heavy (non-hydrogen) atoms. The van der Waals surface area contributed by atoms with E-state index >= 15 is 0 Å². The van der Waals surface area contributed by atoms with Crippen molar-refractivity contribution in [3.63, 3.8) is 0 Å². The van der Waals surface area contributed by atoms with Gasteiger partial charge in [0.15, 0.2) is 11.0 Å². The van der Waals surface area contributed by atoms with E-state index in [1.807, 2.05) is 4.57 Å². The Morgan fingerprint density at radius 1 is 1.32 bits per heavy atom. The minimum absolute atomic E-state index is 0.177. The number of benzene rings is 2. The van der Waals surface area contributed by atoms with Gasteiger partial charge in [-0.1, -0.05) is 35.5 Å². The molecule has 0 aliphatic rings. The van der Waals surface area contributed by atoms with Crippen LogP contribution >= 0.6 is 23.4 Å². The number of anilines is 1. The van der Waals surface area contributed by atoms with E-state index in [4.69, 9.17) is 11.6 Å². The number of amides is 1. The third-order valence-electron chi connectivity index (χ3n) is 3.87. The van der Waals surface area contributed by atoms with Crippen molar-refractivity contribution in [2.75, 3.05) is 5.32 Å². The monoisotopic (exact) mass is 416 g/mol. The maximum atomic E-state index is 13.2. The molecule has 0 aliphatic heterocycles. The van der Waals surface area contributed by atoms with Gasteiger partial charge in [0.2, 0.25) is 5.91 Å². The van der Waals surface area contributed by atoms with Gasteiger partial charge in [-0.05, 0) is 49.4 Å². The lowest BCUT2D eigenvalue weighted by atomic mass is 10.2. The van der Waals surface area contributed by atoms with Gasteiger partial charge >= 0.3 is 0 Å². The van der Waals surface area contributed by atoms with Gasteiger partial charge in [0.05, 0.1) is 5.25 Å². The van der Waals surface area contributed by atoms with Gasteiger partial charge in [0.25, 0.3) is 0 Å². The van der Waals surface area contributed by atoms with E-state index in [1.165, 1.54) is 23.9 Å². The summed E-state index contributed by atoms with van der Waals surface area (Å²) in [6, 6.07) is 13.0. The first kappa shape index (κ1) is 20.1. The van der Waals surface area contributed by atoms with Crippen LogP contribution < -0.4 is 5.32 Å². The van der Waals surface area contributed by atoms with Gasteiger partial charge in [-0.15, -0.1) is 16.8 Å². The highest BCUT2D eigenvalue weighted by molar-refractivity contribution is 8.00. The fourth-order valence-corrected chi connectivity index (χ4v) is 3.55. The number of aromatic nitrogens is 3. The standard InChI is InChI=1S/C20H18ClFN4OS/c1-3-11-26-18(14-7-9-16(22)10-8-14)24-25-20(26)28-13(2)19(27)23-17-6-4-5-15(21)12-17/h3-10,12-13H,1,11H2,2H3,(H,23,27)/t13-/m1/s1. The molecule has 1 aromatic heterocycles. The van der Waals surface area contributed by atoms with Crippen molar-refractivity contribution in [2.24, 2.45) is 0 Å². The number of hydrogen-bond acceptors (Lipinski definition) is 4. The van der Waals surface area contributed by atoms with Gasteiger partial charge in [0.1, 0.15) is 5.82 Å². The van der Waals surface area contributed by atoms with Crippen LogP contribution in [0.5, 0.6) is 0 Å². The summed E-state index contributed by atoms with van der Waals surface area (Å²) in [7, 11) is 0. The number of halogens is 2. The van der Waals surface area contributed by atoms with E-state index in [1.54, 1.807) is 49.4 Å². The highest BCUT2D eigenvalue weighted by atomic mass is 35.5. The number of carbonyl (C=O) groups excluding carboxylic acids is 1. The van der Waals surface area contributed by atoms with Gasteiger partial charge in [0, 0.05) is 22.8 Å². The molecule has 0 radical (unpaired) electrons. The zero-order valence-corrected chi connectivity index (χ0v) is 16.7. The summed E-state index contributed by atoms with van der Waals surface area (Å²) in [5.41, 5.74) is 1.36. The van der Waals surface area contributed by atoms with Crippen LogP contribution in [0.1, 0.15) is 6.92 Å². The Morgan fingerprint density at radius 2 is 2.07 bits per heavy atom. The summed E-state index contributed by atoms with van der Waals surface area (Å²) >= 11 is 7.24. The molecule has 3 rings (SSSR count). The minimum Gasteiger partial charge on any atom is -0.325 e. The molecule has 8 heteroatoms. The van der Waals surface area contributed by atoms with Crippen LogP contribution in [0.3, 0.4) is 0 Å². The largest absolute Gasteiger partial charge is 0.325 e. The molecule has 0 bridgehead atoms. The molecule has 0 unspecified atom stereocenters. The average molecular weight is 417 g/mol. The van der Waals surface area contributed by atoms with Gasteiger partial charge in [-0.2, -0.15) is 0 Å². The Morgan fingerprint density at radius 3 is 2.75 bits per heavy atom. The zero-order chi connectivity index (χ0) is 20.1. The normalized spacial score (nSPS) is 11.8. The fraction of sp³-hybridized carbons (Fsp3) is 0.150. The quantitative estimate of drug-likeness (QED) is 0.433. The SMILES string of the molecule is C=CCn1c(S[C@H](C)C(=O)Nc2cccc(Cl)c2)nnc1-c1ccc(F)cc1. The third-order valence-corrected chi connectivity index (χ3v) is 5.19. The van der Waals surface area contributed by atoms with Crippen molar-refractivity contribution < 1.29 is 9.18 Å². The van der Waals surface area contributed by atoms with Crippen molar-refractivity contribution in [1.29, 1.82) is 0 Å². The molecular weight excluding hydrogens is 399 g/mol. The number of rotatable bonds is 7. The van der Waals surface area contributed by atoms with E-state index in [2.05, 4.69) is 22.1 Å². The predicted molar refractivity (Wildman–Crippen MR) is 111 cm³/mol. The van der Waals surface area contributed by atoms with Crippen molar-refractivity contribution >= 4 is 35.0 Å². The van der Waals surface area contributed by atoms with Crippen LogP contribution in [0.15, 0.2) is 66.3 Å². The molecule has 0 saturated heterocycles. The highest BCUT2D eigenvalue weighted by Gasteiger charge is 2.20. The zero-order valence-electron chi connectivity index (χ0n) is 15.1. The first-order chi connectivity index (χ1) is 13.5. The van der Waals surface area contributed by atoms with Crippen molar-refractivity contribution in [1.82, 2.24) is 14.8 Å². The second-order valence-electron chi connectivity index (χ2n) is 5.97. The number of allylic oxidation sites excluding steroid dienone is 1. The van der Waals surface area contributed by atoms with Gasteiger partial charge in [-0.25, -0.2) is 4.39 Å². The van der Waals surface area contributed by atoms with E-state index in [0.717, 1.165) is 5.56 Å². The topological polar surface area (TPSA) is 59.8 Å². The molecular formula is C20H18ClFN4OS. The molecule has 1 amide bonds. The lowest BCUT2D eigenvalue weighted by molar-refractivity contribution is -0.115. The Kier molecular flexibility index (Phi) is 6.49. The van der Waals surface area contributed by atoms with Crippen LogP contribution in [-0.4, -0.2) is 25.9 Å². The summed E-state index contributed by atoms with van der Waals surface area (Å²) in [6.45, 7) is 6.02. The van der Waals surface area contributed by atoms with Crippen molar-refractivity contribution in [3.05, 3.63) is 72.0 Å². The van der Waals surface area contributed by atoms with Gasteiger partial charge < -0.3 is 5.32 Å². The van der Waals surface area contributed by atoms with Crippen LogP contribution in [0, 0.1) is 5.82 Å². The average Bonchev–Trinajstić information content (AvgIpc) is 3.05. The molecule has 5 nitrogen and oxygen atoms in total. The first-order valence-electron chi connectivity index (χ1n) is 8.51. The van der Waals surface area contributed by atoms with Crippen LogP contribution in [0.2, 0.25) is 5.02 Å².